The fourth-order valence-electron chi connectivity index (χ4n) is 2.68. The fourth-order valence-corrected chi connectivity index (χ4v) is 2.98. The van der Waals surface area contributed by atoms with Crippen LogP contribution in [0.15, 0.2) is 29.8 Å². The van der Waals surface area contributed by atoms with Crippen molar-refractivity contribution in [1.29, 1.82) is 0 Å². The number of alkyl halides is 1. The molecule has 1 nitrogen and oxygen atoms in total. The summed E-state index contributed by atoms with van der Waals surface area (Å²) in [7, 11) is 1.70. The van der Waals surface area contributed by atoms with E-state index in [1.165, 1.54) is 43.2 Å². The van der Waals surface area contributed by atoms with Gasteiger partial charge in [-0.2, -0.15) is 0 Å². The summed E-state index contributed by atoms with van der Waals surface area (Å²) in [5.74, 6) is 2.23. The van der Waals surface area contributed by atoms with E-state index in [2.05, 4.69) is 18.2 Å². The summed E-state index contributed by atoms with van der Waals surface area (Å²) in [6, 6.07) is 8.17. The van der Waals surface area contributed by atoms with Crippen molar-refractivity contribution in [2.45, 2.75) is 32.1 Å². The molecular formula is C16H21ClO. The van der Waals surface area contributed by atoms with E-state index in [0.29, 0.717) is 11.8 Å². The Morgan fingerprint density at radius 2 is 2.11 bits per heavy atom. The second kappa shape index (κ2) is 6.84. The molecule has 0 heterocycles. The molecule has 1 aromatic carbocycles. The third kappa shape index (κ3) is 3.52. The zero-order valence-electron chi connectivity index (χ0n) is 11.0. The molecule has 0 radical (unpaired) electrons. The second-order valence-corrected chi connectivity index (χ2v) is 5.23. The summed E-state index contributed by atoms with van der Waals surface area (Å²) in [5, 5.41) is 0. The van der Waals surface area contributed by atoms with Gasteiger partial charge in [0.15, 0.2) is 0 Å². The molecule has 2 heteroatoms. The lowest BCUT2D eigenvalue weighted by Gasteiger charge is -2.23. The topological polar surface area (TPSA) is 9.23 Å². The summed E-state index contributed by atoms with van der Waals surface area (Å²) in [6.45, 7) is 0. The summed E-state index contributed by atoms with van der Waals surface area (Å²) < 4.78 is 5.25. The lowest BCUT2D eigenvalue weighted by molar-refractivity contribution is 0.405. The van der Waals surface area contributed by atoms with Crippen molar-refractivity contribution in [2.75, 3.05) is 13.0 Å². The Morgan fingerprint density at radius 1 is 1.33 bits per heavy atom. The van der Waals surface area contributed by atoms with Crippen molar-refractivity contribution in [1.82, 2.24) is 0 Å². The van der Waals surface area contributed by atoms with Crippen LogP contribution in [0, 0.1) is 5.92 Å². The van der Waals surface area contributed by atoms with Gasteiger partial charge in [0.25, 0.3) is 0 Å². The molecule has 1 aromatic rings. The highest BCUT2D eigenvalue weighted by molar-refractivity contribution is 6.19. The molecule has 0 aliphatic heterocycles. The highest BCUT2D eigenvalue weighted by Crippen LogP contribution is 2.31. The molecule has 2 rings (SSSR count). The largest absolute Gasteiger partial charge is 0.497 e. The molecule has 0 unspecified atom stereocenters. The molecule has 0 amide bonds. The molecule has 0 spiro atoms. The summed E-state index contributed by atoms with van der Waals surface area (Å²) in [4.78, 5) is 0. The molecule has 1 aliphatic carbocycles. The number of hydrogen-bond acceptors (Lipinski definition) is 1. The first-order chi connectivity index (χ1) is 8.83. The van der Waals surface area contributed by atoms with Crippen molar-refractivity contribution in [3.63, 3.8) is 0 Å². The highest BCUT2D eigenvalue weighted by Gasteiger charge is 2.17. The zero-order valence-corrected chi connectivity index (χ0v) is 11.7. The Hall–Kier alpha value is -0.950. The van der Waals surface area contributed by atoms with E-state index in [1.54, 1.807) is 7.11 Å². The number of hydrogen-bond donors (Lipinski definition) is 0. The number of benzene rings is 1. The normalized spacial score (nSPS) is 17.8. The predicted octanol–water partition coefficient (Wildman–Crippen LogP) is 4.90. The minimum Gasteiger partial charge on any atom is -0.497 e. The molecule has 0 N–H and O–H groups in total. The highest BCUT2D eigenvalue weighted by atomic mass is 35.5. The summed E-state index contributed by atoms with van der Waals surface area (Å²) in [6.07, 6.45) is 8.90. The van der Waals surface area contributed by atoms with Crippen LogP contribution in [0.4, 0.5) is 0 Å². The molecule has 1 saturated carbocycles. The van der Waals surface area contributed by atoms with Gasteiger partial charge in [-0.1, -0.05) is 43.0 Å². The van der Waals surface area contributed by atoms with Crippen LogP contribution in [0.25, 0.3) is 6.08 Å². The van der Waals surface area contributed by atoms with Crippen molar-refractivity contribution in [2.24, 2.45) is 5.92 Å². The van der Waals surface area contributed by atoms with Crippen molar-refractivity contribution in [3.8, 4) is 5.75 Å². The minimum absolute atomic E-state index is 0.641. The fraction of sp³-hybridized carbons (Fsp3) is 0.500. The first kappa shape index (κ1) is 13.5. The maximum atomic E-state index is 6.12. The van der Waals surface area contributed by atoms with Crippen LogP contribution >= 0.6 is 11.6 Å². The maximum Gasteiger partial charge on any atom is 0.119 e. The van der Waals surface area contributed by atoms with Crippen molar-refractivity contribution < 1.29 is 4.74 Å². The Labute approximate surface area is 115 Å². The molecule has 0 aromatic heterocycles. The molecule has 0 atom stereocenters. The van der Waals surface area contributed by atoms with Gasteiger partial charge in [0.2, 0.25) is 0 Å². The first-order valence-electron chi connectivity index (χ1n) is 6.74. The Morgan fingerprint density at radius 3 is 2.78 bits per heavy atom. The number of halogens is 1. The monoisotopic (exact) mass is 264 g/mol. The van der Waals surface area contributed by atoms with E-state index in [4.69, 9.17) is 16.3 Å². The molecule has 18 heavy (non-hydrogen) atoms. The van der Waals surface area contributed by atoms with E-state index in [-0.39, 0.29) is 0 Å². The average molecular weight is 265 g/mol. The van der Waals surface area contributed by atoms with Gasteiger partial charge in [0, 0.05) is 5.88 Å². The standard InChI is InChI=1S/C16H21ClO/c1-18-16-9-5-6-13(11-16)10-15(12-17)14-7-3-2-4-8-14/h5-6,9-11,14H,2-4,7-8,12H2,1H3. The Bertz CT molecular complexity index is 405. The van der Waals surface area contributed by atoms with Crippen LogP contribution in [0.1, 0.15) is 37.7 Å². The van der Waals surface area contributed by atoms with Gasteiger partial charge in [0.1, 0.15) is 5.75 Å². The Kier molecular flexibility index (Phi) is 5.12. The third-order valence-electron chi connectivity index (χ3n) is 3.73. The molecule has 0 bridgehead atoms. The predicted molar refractivity (Wildman–Crippen MR) is 78.3 cm³/mol. The molecule has 1 aliphatic rings. The zero-order chi connectivity index (χ0) is 12.8. The van der Waals surface area contributed by atoms with E-state index in [0.717, 1.165) is 5.75 Å². The van der Waals surface area contributed by atoms with E-state index < -0.39 is 0 Å². The summed E-state index contributed by atoms with van der Waals surface area (Å²) in [5.41, 5.74) is 2.57. The van der Waals surface area contributed by atoms with Crippen LogP contribution in [0.3, 0.4) is 0 Å². The Balaban J connectivity index is 2.16. The van der Waals surface area contributed by atoms with Crippen LogP contribution in [0.2, 0.25) is 0 Å². The molecule has 1 fully saturated rings. The van der Waals surface area contributed by atoms with Crippen LogP contribution in [0.5, 0.6) is 5.75 Å². The van der Waals surface area contributed by atoms with Crippen LogP contribution in [-0.4, -0.2) is 13.0 Å². The van der Waals surface area contributed by atoms with Crippen molar-refractivity contribution >= 4 is 17.7 Å². The smallest absolute Gasteiger partial charge is 0.119 e. The van der Waals surface area contributed by atoms with Gasteiger partial charge in [-0.25, -0.2) is 0 Å². The quantitative estimate of drug-likeness (QED) is 0.703. The van der Waals surface area contributed by atoms with E-state index in [9.17, 15) is 0 Å². The number of methoxy groups -OCH3 is 1. The molecule has 0 saturated heterocycles. The lowest BCUT2D eigenvalue weighted by Crippen LogP contribution is -2.10. The van der Waals surface area contributed by atoms with E-state index in [1.807, 2.05) is 12.1 Å². The maximum absolute atomic E-state index is 6.12. The number of rotatable bonds is 4. The van der Waals surface area contributed by atoms with Gasteiger partial charge in [-0.15, -0.1) is 11.6 Å². The third-order valence-corrected chi connectivity index (χ3v) is 4.04. The van der Waals surface area contributed by atoms with Gasteiger partial charge >= 0.3 is 0 Å². The number of allylic oxidation sites excluding steroid dienone is 1. The van der Waals surface area contributed by atoms with Gasteiger partial charge in [0.05, 0.1) is 7.11 Å². The van der Waals surface area contributed by atoms with Gasteiger partial charge in [-0.05, 0) is 36.5 Å². The molecule has 98 valence electrons. The minimum atomic E-state index is 0.641. The summed E-state index contributed by atoms with van der Waals surface area (Å²) >= 11 is 6.12. The van der Waals surface area contributed by atoms with Crippen molar-refractivity contribution in [3.05, 3.63) is 35.4 Å². The molecular weight excluding hydrogens is 244 g/mol. The lowest BCUT2D eigenvalue weighted by atomic mass is 9.83. The first-order valence-corrected chi connectivity index (χ1v) is 7.27. The SMILES string of the molecule is COc1cccc(C=C(CCl)C2CCCCC2)c1. The van der Waals surface area contributed by atoms with Crippen LogP contribution in [-0.2, 0) is 0 Å². The second-order valence-electron chi connectivity index (χ2n) is 4.96. The average Bonchev–Trinajstić information content (AvgIpc) is 2.46. The van der Waals surface area contributed by atoms with Gasteiger partial charge in [-0.3, -0.25) is 0 Å². The van der Waals surface area contributed by atoms with E-state index >= 15 is 0 Å². The van der Waals surface area contributed by atoms with Gasteiger partial charge < -0.3 is 4.74 Å². The van der Waals surface area contributed by atoms with Crippen LogP contribution < -0.4 is 4.74 Å². The number of ether oxygens (including phenoxy) is 1.